The van der Waals surface area contributed by atoms with E-state index < -0.39 is 29.7 Å². The molecule has 6 amide bonds. The molecule has 0 radical (unpaired) electrons. The number of aryl methyl sites for hydroxylation is 3. The van der Waals surface area contributed by atoms with Crippen LogP contribution in [-0.2, 0) is 20.8 Å². The van der Waals surface area contributed by atoms with E-state index in [1.54, 1.807) is 18.2 Å². The molecule has 7 rings (SSSR count). The van der Waals surface area contributed by atoms with Crippen molar-refractivity contribution in [1.29, 1.82) is 0 Å². The van der Waals surface area contributed by atoms with E-state index in [1.165, 1.54) is 17.5 Å². The first-order valence-corrected chi connectivity index (χ1v) is 21.2. The second-order valence-corrected chi connectivity index (χ2v) is 16.4. The molecule has 59 heavy (non-hydrogen) atoms. The monoisotopic (exact) mass is 839 g/mol. The molecule has 0 spiro atoms. The predicted molar refractivity (Wildman–Crippen MR) is 224 cm³/mol. The SMILES string of the molecule is Cc1nc(Nc2ncc(C(=O)Nc3c(C)cccc3Cl)s2)cc(N2CCN(C(=O)CCCCCCCCc3cccc4c3C(=O)N(C3CCC(=O)NC3=O)C4=O)CC2)n1. The van der Waals surface area contributed by atoms with E-state index in [9.17, 15) is 28.8 Å². The highest BCUT2D eigenvalue weighted by Gasteiger charge is 2.45. The van der Waals surface area contributed by atoms with Crippen molar-refractivity contribution in [3.63, 3.8) is 0 Å². The Balaban J connectivity index is 0.803. The number of nitrogens with zero attached hydrogens (tertiary/aromatic N) is 6. The first kappa shape index (κ1) is 41.4. The zero-order valence-electron chi connectivity index (χ0n) is 33.0. The van der Waals surface area contributed by atoms with Crippen LogP contribution in [-0.4, -0.2) is 92.4 Å². The molecule has 5 heterocycles. The highest BCUT2D eigenvalue weighted by molar-refractivity contribution is 7.17. The fraction of sp³-hybridized carbons (Fsp3) is 0.405. The summed E-state index contributed by atoms with van der Waals surface area (Å²) in [5.74, 6) is -0.221. The number of para-hydroxylation sites is 1. The van der Waals surface area contributed by atoms with Crippen LogP contribution in [0.3, 0.4) is 0 Å². The Labute approximate surface area is 350 Å². The van der Waals surface area contributed by atoms with Crippen molar-refractivity contribution in [3.8, 4) is 0 Å². The number of amides is 6. The number of benzene rings is 2. The molecule has 2 saturated heterocycles. The van der Waals surface area contributed by atoms with Gasteiger partial charge in [0.25, 0.3) is 17.7 Å². The van der Waals surface area contributed by atoms with Crippen molar-refractivity contribution in [2.75, 3.05) is 41.7 Å². The molecule has 2 aromatic heterocycles. The minimum Gasteiger partial charge on any atom is -0.353 e. The highest BCUT2D eigenvalue weighted by atomic mass is 35.5. The van der Waals surface area contributed by atoms with Crippen molar-refractivity contribution < 1.29 is 28.8 Å². The van der Waals surface area contributed by atoms with Crippen molar-refractivity contribution in [2.24, 2.45) is 0 Å². The van der Waals surface area contributed by atoms with Gasteiger partial charge in [0.15, 0.2) is 5.13 Å². The van der Waals surface area contributed by atoms with E-state index in [0.717, 1.165) is 60.4 Å². The average Bonchev–Trinajstić information content (AvgIpc) is 3.78. The van der Waals surface area contributed by atoms with E-state index in [1.807, 2.05) is 43.0 Å². The third kappa shape index (κ3) is 9.60. The summed E-state index contributed by atoms with van der Waals surface area (Å²) in [5, 5.41) is 9.29. The van der Waals surface area contributed by atoms with Crippen LogP contribution in [0, 0.1) is 13.8 Å². The van der Waals surface area contributed by atoms with Gasteiger partial charge in [0, 0.05) is 45.1 Å². The normalized spacial score (nSPS) is 16.7. The highest BCUT2D eigenvalue weighted by Crippen LogP contribution is 2.32. The number of aromatic nitrogens is 3. The quantitative estimate of drug-likeness (QED) is 0.0911. The molecule has 0 saturated carbocycles. The van der Waals surface area contributed by atoms with Crippen LogP contribution in [0.25, 0.3) is 0 Å². The molecule has 2 fully saturated rings. The number of piperidine rings is 1. The second-order valence-electron chi connectivity index (χ2n) is 15.0. The molecule has 3 N–H and O–H groups in total. The summed E-state index contributed by atoms with van der Waals surface area (Å²) in [6.45, 7) is 6.18. The third-order valence-electron chi connectivity index (χ3n) is 10.8. The number of unbranched alkanes of at least 4 members (excludes halogenated alkanes) is 5. The number of piperazine rings is 1. The van der Waals surface area contributed by atoms with Crippen LogP contribution in [0.4, 0.5) is 22.5 Å². The van der Waals surface area contributed by atoms with Crippen LogP contribution in [0.1, 0.15) is 105 Å². The summed E-state index contributed by atoms with van der Waals surface area (Å²) in [6, 6.07) is 11.6. The maximum absolute atomic E-state index is 13.3. The maximum atomic E-state index is 13.3. The molecule has 17 heteroatoms. The minimum absolute atomic E-state index is 0.0857. The first-order chi connectivity index (χ1) is 28.5. The van der Waals surface area contributed by atoms with Gasteiger partial charge in [-0.25, -0.2) is 15.0 Å². The van der Waals surface area contributed by atoms with E-state index in [2.05, 4.69) is 35.8 Å². The van der Waals surface area contributed by atoms with Gasteiger partial charge in [-0.3, -0.25) is 39.0 Å². The zero-order chi connectivity index (χ0) is 41.6. The van der Waals surface area contributed by atoms with Crippen LogP contribution in [0.5, 0.6) is 0 Å². The number of nitrogens with one attached hydrogen (secondary N) is 3. The Morgan fingerprint density at radius 1 is 0.915 bits per heavy atom. The Bertz CT molecular complexity index is 2270. The number of rotatable bonds is 15. The topological polar surface area (TPSA) is 187 Å². The number of carbonyl (C=O) groups is 6. The zero-order valence-corrected chi connectivity index (χ0v) is 34.6. The molecule has 15 nitrogen and oxygen atoms in total. The lowest BCUT2D eigenvalue weighted by Crippen LogP contribution is -2.54. The molecule has 308 valence electrons. The molecule has 2 aromatic carbocycles. The van der Waals surface area contributed by atoms with Gasteiger partial charge in [0.1, 0.15) is 28.4 Å². The van der Waals surface area contributed by atoms with Crippen LogP contribution < -0.4 is 20.9 Å². The van der Waals surface area contributed by atoms with E-state index in [4.69, 9.17) is 11.6 Å². The smallest absolute Gasteiger partial charge is 0.267 e. The fourth-order valence-electron chi connectivity index (χ4n) is 7.72. The number of fused-ring (bicyclic) bond motifs is 1. The largest absolute Gasteiger partial charge is 0.353 e. The lowest BCUT2D eigenvalue weighted by molar-refractivity contribution is -0.136. The van der Waals surface area contributed by atoms with Gasteiger partial charge >= 0.3 is 0 Å². The van der Waals surface area contributed by atoms with Crippen LogP contribution >= 0.6 is 22.9 Å². The predicted octanol–water partition coefficient (Wildman–Crippen LogP) is 6.22. The number of anilines is 4. The van der Waals surface area contributed by atoms with Crippen molar-refractivity contribution in [1.82, 2.24) is 30.1 Å². The summed E-state index contributed by atoms with van der Waals surface area (Å²) in [6.07, 6.45) is 8.42. The molecule has 0 aliphatic carbocycles. The van der Waals surface area contributed by atoms with Crippen molar-refractivity contribution >= 4 is 80.8 Å². The van der Waals surface area contributed by atoms with Gasteiger partial charge in [0.2, 0.25) is 17.7 Å². The number of hydrogen-bond acceptors (Lipinski definition) is 12. The van der Waals surface area contributed by atoms with E-state index in [0.29, 0.717) is 82.5 Å². The summed E-state index contributed by atoms with van der Waals surface area (Å²) >= 11 is 7.49. The average molecular weight is 840 g/mol. The minimum atomic E-state index is -0.976. The summed E-state index contributed by atoms with van der Waals surface area (Å²) in [4.78, 5) is 95.5. The molecule has 1 atom stereocenters. The summed E-state index contributed by atoms with van der Waals surface area (Å²) in [5.41, 5.74) is 2.90. The summed E-state index contributed by atoms with van der Waals surface area (Å²) < 4.78 is 0. The molecular weight excluding hydrogens is 794 g/mol. The number of imide groups is 2. The van der Waals surface area contributed by atoms with Gasteiger partial charge in [-0.15, -0.1) is 0 Å². The third-order valence-corrected chi connectivity index (χ3v) is 12.1. The lowest BCUT2D eigenvalue weighted by atomic mass is 9.97. The second kappa shape index (κ2) is 18.5. The van der Waals surface area contributed by atoms with Crippen molar-refractivity contribution in [2.45, 2.75) is 84.1 Å². The summed E-state index contributed by atoms with van der Waals surface area (Å²) in [7, 11) is 0. The van der Waals surface area contributed by atoms with Gasteiger partial charge in [-0.05, 0) is 62.8 Å². The molecule has 1 unspecified atom stereocenters. The molecule has 3 aliphatic heterocycles. The van der Waals surface area contributed by atoms with Gasteiger partial charge in [-0.1, -0.05) is 72.9 Å². The Morgan fingerprint density at radius 2 is 1.66 bits per heavy atom. The van der Waals surface area contributed by atoms with E-state index >= 15 is 0 Å². The van der Waals surface area contributed by atoms with Crippen molar-refractivity contribution in [3.05, 3.63) is 86.6 Å². The lowest BCUT2D eigenvalue weighted by Gasteiger charge is -2.35. The maximum Gasteiger partial charge on any atom is 0.267 e. The number of thiazole rings is 1. The fourth-order valence-corrected chi connectivity index (χ4v) is 8.71. The Hall–Kier alpha value is -5.74. The number of carbonyl (C=O) groups excluding carboxylic acids is 6. The molecular formula is C42H46ClN9O6S. The molecule has 0 bridgehead atoms. The van der Waals surface area contributed by atoms with E-state index in [-0.39, 0.29) is 24.7 Å². The molecule has 4 aromatic rings. The standard InChI is InChI=1S/C42H46ClN9O6S/c1-25-11-9-15-29(43)37(25)49-39(56)31-24-44-42(59-31)47-32-23-33(46-26(2)45-32)50-19-21-51(22-20-50)35(54)16-8-6-4-3-5-7-12-27-13-10-14-28-36(27)41(58)52(40(28)57)30-17-18-34(53)48-38(30)55/h9-11,13-15,23-24,30H,3-8,12,16-22H2,1-2H3,(H,49,56)(H,48,53,55)(H,44,45,46,47). The Kier molecular flexibility index (Phi) is 13.0. The van der Waals surface area contributed by atoms with Gasteiger partial charge < -0.3 is 20.4 Å². The van der Waals surface area contributed by atoms with Gasteiger partial charge in [0.05, 0.1) is 28.0 Å². The number of halogens is 1. The first-order valence-electron chi connectivity index (χ1n) is 20.0. The number of hydrogen-bond donors (Lipinski definition) is 3. The van der Waals surface area contributed by atoms with Crippen LogP contribution in [0.2, 0.25) is 5.02 Å². The van der Waals surface area contributed by atoms with Gasteiger partial charge in [-0.2, -0.15) is 0 Å². The van der Waals surface area contributed by atoms with Crippen LogP contribution in [0.15, 0.2) is 48.7 Å². The Morgan fingerprint density at radius 3 is 2.42 bits per heavy atom. The molecule has 3 aliphatic rings.